The first-order valence-electron chi connectivity index (χ1n) is 9.57. The van der Waals surface area contributed by atoms with Crippen molar-refractivity contribution in [2.75, 3.05) is 6.61 Å². The maximum atomic E-state index is 12.9. The second kappa shape index (κ2) is 10.0. The molecule has 1 amide bonds. The Bertz CT molecular complexity index is 788. The number of rotatable bonds is 7. The van der Waals surface area contributed by atoms with Gasteiger partial charge in [0.1, 0.15) is 0 Å². The minimum Gasteiger partial charge on any atom is -0.490 e. The number of benzene rings is 1. The van der Waals surface area contributed by atoms with Gasteiger partial charge < -0.3 is 9.47 Å². The predicted molar refractivity (Wildman–Crippen MR) is 126 cm³/mol. The lowest BCUT2D eigenvalue weighted by atomic mass is 10.1. The Morgan fingerprint density at radius 3 is 2.43 bits per heavy atom. The smallest absolute Gasteiger partial charge is 0.266 e. The first-order valence-corrected chi connectivity index (χ1v) is 11.5. The SMILES string of the molecule is CCOc1cc(/C=C2/SC(=NC(C)C)N(C(C)C)C2=O)cc(I)c1OC(C)C. The topological polar surface area (TPSA) is 51.1 Å². The van der Waals surface area contributed by atoms with Crippen molar-refractivity contribution < 1.29 is 14.3 Å². The second-order valence-corrected chi connectivity index (χ2v) is 9.49. The third-order valence-corrected chi connectivity index (χ3v) is 5.50. The van der Waals surface area contributed by atoms with Crippen LogP contribution in [0.15, 0.2) is 22.0 Å². The van der Waals surface area contributed by atoms with E-state index in [0.29, 0.717) is 17.3 Å². The number of thioether (sulfide) groups is 1. The molecule has 0 radical (unpaired) electrons. The largest absolute Gasteiger partial charge is 0.490 e. The summed E-state index contributed by atoms with van der Waals surface area (Å²) < 4.78 is 12.7. The molecular formula is C21H29IN2O3S. The van der Waals surface area contributed by atoms with Crippen LogP contribution in [0.25, 0.3) is 6.08 Å². The first-order chi connectivity index (χ1) is 13.1. The van der Waals surface area contributed by atoms with Crippen molar-refractivity contribution in [3.63, 3.8) is 0 Å². The van der Waals surface area contributed by atoms with E-state index in [1.807, 2.05) is 66.7 Å². The molecule has 28 heavy (non-hydrogen) atoms. The number of nitrogens with zero attached hydrogens (tertiary/aromatic N) is 2. The van der Waals surface area contributed by atoms with Gasteiger partial charge in [-0.25, -0.2) is 0 Å². The minimum absolute atomic E-state index is 0.00475. The molecule has 154 valence electrons. The average molecular weight is 516 g/mol. The highest BCUT2D eigenvalue weighted by Gasteiger charge is 2.35. The fraction of sp³-hybridized carbons (Fsp3) is 0.524. The van der Waals surface area contributed by atoms with Crippen molar-refractivity contribution in [2.24, 2.45) is 4.99 Å². The Morgan fingerprint density at radius 1 is 1.21 bits per heavy atom. The molecule has 0 aromatic heterocycles. The fourth-order valence-corrected chi connectivity index (χ4v) is 4.67. The summed E-state index contributed by atoms with van der Waals surface area (Å²) in [5.74, 6) is 1.44. The van der Waals surface area contributed by atoms with Crippen molar-refractivity contribution in [3.05, 3.63) is 26.2 Å². The normalized spacial score (nSPS) is 17.7. The molecule has 0 saturated carbocycles. The van der Waals surface area contributed by atoms with Crippen molar-refractivity contribution in [1.29, 1.82) is 0 Å². The molecule has 0 N–H and O–H groups in total. The van der Waals surface area contributed by atoms with Gasteiger partial charge in [0.25, 0.3) is 5.91 Å². The number of amides is 1. The lowest BCUT2D eigenvalue weighted by Gasteiger charge is -2.20. The number of ether oxygens (including phenoxy) is 2. The third-order valence-electron chi connectivity index (χ3n) is 3.70. The van der Waals surface area contributed by atoms with Gasteiger partial charge in [0.2, 0.25) is 0 Å². The van der Waals surface area contributed by atoms with Gasteiger partial charge in [-0.2, -0.15) is 0 Å². The van der Waals surface area contributed by atoms with Crippen molar-refractivity contribution in [3.8, 4) is 11.5 Å². The van der Waals surface area contributed by atoms with E-state index in [9.17, 15) is 4.79 Å². The molecule has 0 atom stereocenters. The van der Waals surface area contributed by atoms with Gasteiger partial charge in [0.05, 0.1) is 21.2 Å². The monoisotopic (exact) mass is 516 g/mol. The van der Waals surface area contributed by atoms with Gasteiger partial charge in [-0.3, -0.25) is 14.7 Å². The van der Waals surface area contributed by atoms with E-state index in [-0.39, 0.29) is 24.1 Å². The van der Waals surface area contributed by atoms with Crippen molar-refractivity contribution in [2.45, 2.75) is 66.7 Å². The Labute approximate surface area is 186 Å². The highest BCUT2D eigenvalue weighted by atomic mass is 127. The van der Waals surface area contributed by atoms with Crippen LogP contribution in [0.4, 0.5) is 0 Å². The molecule has 0 unspecified atom stereocenters. The van der Waals surface area contributed by atoms with Crippen LogP contribution in [-0.2, 0) is 4.79 Å². The van der Waals surface area contributed by atoms with Crippen LogP contribution in [0, 0.1) is 3.57 Å². The zero-order valence-electron chi connectivity index (χ0n) is 17.6. The number of halogens is 1. The van der Waals surface area contributed by atoms with Crippen LogP contribution in [0.1, 0.15) is 54.0 Å². The Morgan fingerprint density at radius 2 is 1.89 bits per heavy atom. The molecule has 1 aromatic carbocycles. The molecule has 0 aliphatic carbocycles. The molecule has 1 aliphatic heterocycles. The van der Waals surface area contributed by atoms with Gasteiger partial charge in [0, 0.05) is 12.1 Å². The molecule has 7 heteroatoms. The highest BCUT2D eigenvalue weighted by Crippen LogP contribution is 2.38. The molecule has 1 aliphatic rings. The Hall–Kier alpha value is -1.22. The number of carbonyl (C=O) groups excluding carboxylic acids is 1. The average Bonchev–Trinajstić information content (AvgIpc) is 2.85. The molecule has 2 rings (SSSR count). The Balaban J connectivity index is 2.45. The first kappa shape index (κ1) is 23.1. The fourth-order valence-electron chi connectivity index (χ4n) is 2.69. The molecule has 1 aromatic rings. The standard InChI is InChI=1S/C21H29IN2O3S/c1-8-26-17-10-15(9-16(22)19(17)27-14(6)7)11-18-20(25)24(13(4)5)21(28-18)23-12(2)3/h9-14H,8H2,1-7H3/b18-11+,23-21?. The number of carbonyl (C=O) groups is 1. The van der Waals surface area contributed by atoms with Crippen LogP contribution in [0.3, 0.4) is 0 Å². The summed E-state index contributed by atoms with van der Waals surface area (Å²) in [4.78, 5) is 20.0. The van der Waals surface area contributed by atoms with E-state index in [0.717, 1.165) is 20.1 Å². The summed E-state index contributed by atoms with van der Waals surface area (Å²) >= 11 is 3.68. The van der Waals surface area contributed by atoms with Crippen LogP contribution < -0.4 is 9.47 Å². The van der Waals surface area contributed by atoms with Crippen LogP contribution in [0.2, 0.25) is 0 Å². The van der Waals surface area contributed by atoms with Gasteiger partial charge in [0.15, 0.2) is 16.7 Å². The zero-order valence-corrected chi connectivity index (χ0v) is 20.6. The van der Waals surface area contributed by atoms with Gasteiger partial charge in [-0.1, -0.05) is 0 Å². The van der Waals surface area contributed by atoms with Gasteiger partial charge >= 0.3 is 0 Å². The summed E-state index contributed by atoms with van der Waals surface area (Å²) in [7, 11) is 0. The number of hydrogen-bond donors (Lipinski definition) is 0. The summed E-state index contributed by atoms with van der Waals surface area (Å²) in [6.07, 6.45) is 1.97. The number of hydrogen-bond acceptors (Lipinski definition) is 5. The molecule has 5 nitrogen and oxygen atoms in total. The van der Waals surface area contributed by atoms with E-state index >= 15 is 0 Å². The van der Waals surface area contributed by atoms with Crippen molar-refractivity contribution in [1.82, 2.24) is 4.90 Å². The summed E-state index contributed by atoms with van der Waals surface area (Å²) in [6, 6.07) is 4.14. The molecule has 1 saturated heterocycles. The van der Waals surface area contributed by atoms with E-state index in [2.05, 4.69) is 27.6 Å². The Kier molecular flexibility index (Phi) is 8.24. The van der Waals surface area contributed by atoms with Crippen LogP contribution in [-0.4, -0.2) is 40.8 Å². The lowest BCUT2D eigenvalue weighted by molar-refractivity contribution is -0.123. The molecule has 1 fully saturated rings. The molecule has 1 heterocycles. The third kappa shape index (κ3) is 5.65. The maximum absolute atomic E-state index is 12.9. The van der Waals surface area contributed by atoms with E-state index in [1.54, 1.807) is 4.90 Å². The van der Waals surface area contributed by atoms with Crippen LogP contribution in [0.5, 0.6) is 11.5 Å². The summed E-state index contributed by atoms with van der Waals surface area (Å²) in [5, 5.41) is 0.765. The lowest BCUT2D eigenvalue weighted by Crippen LogP contribution is -2.35. The number of aliphatic imine (C=N–C) groups is 1. The highest BCUT2D eigenvalue weighted by molar-refractivity contribution is 14.1. The minimum atomic E-state index is -0.00475. The van der Waals surface area contributed by atoms with Crippen LogP contribution >= 0.6 is 34.4 Å². The molecular weight excluding hydrogens is 487 g/mol. The second-order valence-electron chi connectivity index (χ2n) is 7.31. The molecule has 0 bridgehead atoms. The van der Waals surface area contributed by atoms with E-state index in [4.69, 9.17) is 9.47 Å². The predicted octanol–water partition coefficient (Wildman–Crippen LogP) is 5.57. The van der Waals surface area contributed by atoms with Gasteiger partial charge in [-0.05, 0) is 107 Å². The van der Waals surface area contributed by atoms with E-state index < -0.39 is 0 Å². The maximum Gasteiger partial charge on any atom is 0.266 e. The number of amidine groups is 1. The summed E-state index contributed by atoms with van der Waals surface area (Å²) in [5.41, 5.74) is 0.911. The molecule has 0 spiro atoms. The zero-order chi connectivity index (χ0) is 21.0. The summed E-state index contributed by atoms with van der Waals surface area (Å²) in [6.45, 7) is 14.5. The van der Waals surface area contributed by atoms with Crippen molar-refractivity contribution >= 4 is 51.5 Å². The van der Waals surface area contributed by atoms with Gasteiger partial charge in [-0.15, -0.1) is 0 Å². The van der Waals surface area contributed by atoms with E-state index in [1.165, 1.54) is 11.8 Å². The quantitative estimate of drug-likeness (QED) is 0.352.